The highest BCUT2D eigenvalue weighted by Crippen LogP contribution is 2.72. The number of allylic oxidation sites excluding steroid dienone is 5. The van der Waals surface area contributed by atoms with Gasteiger partial charge in [-0.2, -0.15) is 4.31 Å². The largest absolute Gasteiger partial charge is 0.481 e. The van der Waals surface area contributed by atoms with Gasteiger partial charge in [-0.3, -0.25) is 23.4 Å². The van der Waals surface area contributed by atoms with Gasteiger partial charge in [-0.15, -0.1) is 0 Å². The molecule has 15 nitrogen and oxygen atoms in total. The van der Waals surface area contributed by atoms with Crippen molar-refractivity contribution in [1.82, 2.24) is 5.32 Å². The highest BCUT2D eigenvalue weighted by molar-refractivity contribution is 7.61. The van der Waals surface area contributed by atoms with E-state index in [0.717, 1.165) is 37.7 Å². The molecule has 0 radical (unpaired) electrons. The fraction of sp³-hybridized carbons (Fsp3) is 0.769. The molecule has 0 aromatic heterocycles. The maximum Gasteiger partial charge on any atom is 0.481 e. The van der Waals surface area contributed by atoms with Crippen LogP contribution in [0.3, 0.4) is 0 Å². The normalized spacial score (nSPS) is 41.9. The smallest absolute Gasteiger partial charge is 0.388 e. The van der Waals surface area contributed by atoms with Crippen LogP contribution in [0.1, 0.15) is 91.4 Å². The molecule has 0 spiro atoms. The molecule has 1 saturated heterocycles. The van der Waals surface area contributed by atoms with E-state index in [9.17, 15) is 38.4 Å². The van der Waals surface area contributed by atoms with Crippen LogP contribution >= 0.6 is 15.6 Å². The molecular formula is C39H57NO14P2. The summed E-state index contributed by atoms with van der Waals surface area (Å²) >= 11 is 0. The summed E-state index contributed by atoms with van der Waals surface area (Å²) in [6, 6.07) is 0. The van der Waals surface area contributed by atoms with Crippen molar-refractivity contribution in [3.05, 3.63) is 36.0 Å². The number of ketones is 2. The number of carbonyl (C=O) groups is 3. The summed E-state index contributed by atoms with van der Waals surface area (Å²) in [5.41, 5.74) is -2.58. The number of rotatable bonds is 15. The number of Topliss-reactive ketones (excluding diaryl/α,β-unsaturated/α-hetero) is 1. The molecule has 4 saturated carbocycles. The van der Waals surface area contributed by atoms with E-state index in [2.05, 4.69) is 17.5 Å². The quantitative estimate of drug-likeness (QED) is 0.0945. The van der Waals surface area contributed by atoms with Gasteiger partial charge in [0, 0.05) is 29.2 Å². The fourth-order valence-electron chi connectivity index (χ4n) is 11.5. The summed E-state index contributed by atoms with van der Waals surface area (Å²) in [4.78, 5) is 60.5. The van der Waals surface area contributed by atoms with E-state index in [-0.39, 0.29) is 43.3 Å². The Balaban J connectivity index is 1.03. The molecule has 0 aromatic rings. The van der Waals surface area contributed by atoms with Crippen LogP contribution in [0.15, 0.2) is 36.0 Å². The number of nitrogens with one attached hydrogen (secondary N) is 1. The first kappa shape index (κ1) is 42.3. The Morgan fingerprint density at radius 2 is 1.84 bits per heavy atom. The lowest BCUT2D eigenvalue weighted by Gasteiger charge is -2.60. The molecular weight excluding hydrogens is 768 g/mol. The number of aliphatic hydroxyl groups excluding tert-OH is 1. The van der Waals surface area contributed by atoms with Gasteiger partial charge < -0.3 is 34.4 Å². The van der Waals surface area contributed by atoms with Crippen LogP contribution < -0.4 is 5.32 Å². The summed E-state index contributed by atoms with van der Waals surface area (Å²) in [6.45, 7) is 4.08. The number of phosphoric acid groups is 2. The highest BCUT2D eigenvalue weighted by atomic mass is 31.3. The van der Waals surface area contributed by atoms with Crippen LogP contribution in [0.5, 0.6) is 0 Å². The van der Waals surface area contributed by atoms with Crippen LogP contribution in [-0.2, 0) is 51.1 Å². The van der Waals surface area contributed by atoms with Crippen LogP contribution in [0, 0.1) is 40.4 Å². The molecule has 14 atom stereocenters. The van der Waals surface area contributed by atoms with Crippen molar-refractivity contribution in [1.29, 1.82) is 0 Å². The van der Waals surface area contributed by atoms with E-state index >= 15 is 0 Å². The zero-order valence-corrected chi connectivity index (χ0v) is 34.2. The van der Waals surface area contributed by atoms with Gasteiger partial charge in [0.05, 0.1) is 24.9 Å². The number of ether oxygens (including phenoxy) is 3. The van der Waals surface area contributed by atoms with Crippen LogP contribution in [0.4, 0.5) is 0 Å². The predicted octanol–water partition coefficient (Wildman–Crippen LogP) is 5.24. The fourth-order valence-corrected chi connectivity index (χ4v) is 13.7. The topological polar surface area (TPSA) is 213 Å². The lowest BCUT2D eigenvalue weighted by molar-refractivity contribution is -0.198. The molecule has 1 heterocycles. The zero-order chi connectivity index (χ0) is 40.1. The number of phosphoric ester groups is 2. The van der Waals surface area contributed by atoms with Gasteiger partial charge in [0.15, 0.2) is 23.5 Å². The second-order valence-electron chi connectivity index (χ2n) is 17.1. The summed E-state index contributed by atoms with van der Waals surface area (Å²) in [7, 11) is -10.6. The number of hydrogen-bond acceptors (Lipinski definition) is 12. The van der Waals surface area contributed by atoms with Crippen molar-refractivity contribution in [2.24, 2.45) is 40.4 Å². The Kier molecular flexibility index (Phi) is 12.3. The molecule has 4 N–H and O–H groups in total. The minimum absolute atomic E-state index is 0.0227. The van der Waals surface area contributed by atoms with E-state index in [1.165, 1.54) is 12.5 Å². The number of amides is 1. The van der Waals surface area contributed by atoms with Crippen LogP contribution in [0.2, 0.25) is 0 Å². The molecule has 0 aromatic carbocycles. The summed E-state index contributed by atoms with van der Waals surface area (Å²) in [5, 5.41) is 12.8. The van der Waals surface area contributed by atoms with Gasteiger partial charge >= 0.3 is 15.6 Å². The average Bonchev–Trinajstić information content (AvgIpc) is 3.60. The van der Waals surface area contributed by atoms with E-state index < -0.39 is 81.4 Å². The zero-order valence-electron chi connectivity index (χ0n) is 32.4. The van der Waals surface area contributed by atoms with Gasteiger partial charge in [0.25, 0.3) is 0 Å². The van der Waals surface area contributed by atoms with Crippen molar-refractivity contribution in [2.45, 2.75) is 122 Å². The van der Waals surface area contributed by atoms with Crippen molar-refractivity contribution in [3.63, 3.8) is 0 Å². The van der Waals surface area contributed by atoms with E-state index in [4.69, 9.17) is 27.6 Å². The Morgan fingerprint density at radius 1 is 1.05 bits per heavy atom. The summed E-state index contributed by atoms with van der Waals surface area (Å²) in [5.74, 6) is -1.32. The summed E-state index contributed by atoms with van der Waals surface area (Å²) < 4.78 is 61.3. The third kappa shape index (κ3) is 7.81. The Morgan fingerprint density at radius 3 is 2.57 bits per heavy atom. The van der Waals surface area contributed by atoms with E-state index in [1.54, 1.807) is 12.2 Å². The minimum Gasteiger partial charge on any atom is -0.388 e. The Labute approximate surface area is 328 Å². The second-order valence-corrected chi connectivity index (χ2v) is 20.1. The first-order valence-corrected chi connectivity index (χ1v) is 23.2. The second kappa shape index (κ2) is 16.3. The molecule has 1 amide bonds. The van der Waals surface area contributed by atoms with Crippen LogP contribution in [0.25, 0.3) is 0 Å². The van der Waals surface area contributed by atoms with E-state index in [1.807, 2.05) is 20.8 Å². The summed E-state index contributed by atoms with van der Waals surface area (Å²) in [6.07, 6.45) is 14.8. The standard InChI is InChI=1S/C39H57NO14P2/c1-4-8-35-51-33-20-29-28-14-12-25-19-26(42)15-16-37(25,2)36(28)31(21-38(29,3)39(33,52-35)32(43)22-41)53-56(47,48)54-55(45,46)50-18-17-40-34(44)23-49-30-10-7-5-6-9-24-11-13-27(24)30/h11,13,15-16,19,24,27-31,33,35-36,41H,4-10,12,14,17-18,20-23H2,1-3H3,(H,40,44)(H,45,46)(H,47,48). The van der Waals surface area contributed by atoms with Crippen molar-refractivity contribution in [2.75, 3.05) is 26.4 Å². The van der Waals surface area contributed by atoms with Crippen LogP contribution in [-0.4, -0.2) is 88.9 Å². The molecule has 7 aliphatic rings. The number of fused-ring (bicyclic) bond motifs is 8. The predicted molar refractivity (Wildman–Crippen MR) is 200 cm³/mol. The average molecular weight is 826 g/mol. The Bertz CT molecular complexity index is 1730. The van der Waals surface area contributed by atoms with Crippen molar-refractivity contribution in [3.8, 4) is 0 Å². The first-order chi connectivity index (χ1) is 26.6. The van der Waals surface area contributed by atoms with Gasteiger partial charge in [-0.25, -0.2) is 9.13 Å². The number of carbonyl (C=O) groups excluding carboxylic acids is 3. The Hall–Kier alpha value is -1.87. The molecule has 312 valence electrons. The molecule has 17 heteroatoms. The van der Waals surface area contributed by atoms with Gasteiger partial charge in [0.2, 0.25) is 5.91 Å². The molecule has 6 aliphatic carbocycles. The lowest BCUT2D eigenvalue weighted by Crippen LogP contribution is -2.63. The third-order valence-electron chi connectivity index (χ3n) is 14.0. The minimum atomic E-state index is -5.38. The molecule has 56 heavy (non-hydrogen) atoms. The molecule has 5 fully saturated rings. The molecule has 14 unspecified atom stereocenters. The number of aliphatic hydroxyl groups is 1. The maximum absolute atomic E-state index is 13.8. The van der Waals surface area contributed by atoms with Crippen molar-refractivity contribution >= 4 is 33.1 Å². The number of hydrogen-bond donors (Lipinski definition) is 4. The van der Waals surface area contributed by atoms with Gasteiger partial charge in [0.1, 0.15) is 13.2 Å². The van der Waals surface area contributed by atoms with E-state index in [0.29, 0.717) is 37.5 Å². The lowest BCUT2D eigenvalue weighted by atomic mass is 9.46. The highest BCUT2D eigenvalue weighted by Gasteiger charge is 2.76. The first-order valence-electron chi connectivity index (χ1n) is 20.2. The maximum atomic E-state index is 13.8. The molecule has 7 rings (SSSR count). The van der Waals surface area contributed by atoms with Gasteiger partial charge in [-0.1, -0.05) is 70.3 Å². The third-order valence-corrected chi connectivity index (χ3v) is 16.7. The molecule has 0 bridgehead atoms. The van der Waals surface area contributed by atoms with Gasteiger partial charge in [-0.05, 0) is 74.9 Å². The molecule has 1 aliphatic heterocycles. The SMILES string of the molecule is CCCC1OC2CC3C4CCC5=CC(=O)C=CC5(C)C4C(OP(=O)(O)OP(=O)(O)OCCNC(=O)COC4CCCCCC5C=CC54)CC3(C)C2(C(=O)CO)O1. The van der Waals surface area contributed by atoms with Crippen molar-refractivity contribution < 1.29 is 66.0 Å². The monoisotopic (exact) mass is 825 g/mol.